The molecule has 0 atom stereocenters. The van der Waals surface area contributed by atoms with E-state index in [1.807, 2.05) is 0 Å². The topological polar surface area (TPSA) is 34.1 Å². The molecule has 0 saturated carbocycles. The standard InChI is InChI=1S/C11H18Br2O2/c12-8-10(14)6-4-2-1-3-5-7-11(15)9-13/h1-9H2. The maximum absolute atomic E-state index is 10.9. The first kappa shape index (κ1) is 15.3. The van der Waals surface area contributed by atoms with Crippen molar-refractivity contribution in [2.24, 2.45) is 0 Å². The van der Waals surface area contributed by atoms with E-state index >= 15 is 0 Å². The smallest absolute Gasteiger partial charge is 0.143 e. The van der Waals surface area contributed by atoms with Crippen molar-refractivity contribution in [3.63, 3.8) is 0 Å². The lowest BCUT2D eigenvalue weighted by Gasteiger charge is -2.00. The zero-order valence-electron chi connectivity index (χ0n) is 8.94. The van der Waals surface area contributed by atoms with Crippen LogP contribution in [0.4, 0.5) is 0 Å². The highest BCUT2D eigenvalue weighted by Crippen LogP contribution is 2.08. The van der Waals surface area contributed by atoms with Gasteiger partial charge in [-0.05, 0) is 12.8 Å². The van der Waals surface area contributed by atoms with Crippen LogP contribution in [0.5, 0.6) is 0 Å². The lowest BCUT2D eigenvalue weighted by molar-refractivity contribution is -0.117. The number of alkyl halides is 2. The molecule has 0 N–H and O–H groups in total. The first-order valence-electron chi connectivity index (χ1n) is 5.36. The quantitative estimate of drug-likeness (QED) is 0.449. The lowest BCUT2D eigenvalue weighted by Crippen LogP contribution is -1.99. The Morgan fingerprint density at radius 1 is 0.667 bits per heavy atom. The van der Waals surface area contributed by atoms with Gasteiger partial charge in [-0.3, -0.25) is 9.59 Å². The van der Waals surface area contributed by atoms with E-state index in [4.69, 9.17) is 0 Å². The summed E-state index contributed by atoms with van der Waals surface area (Å²) in [4.78, 5) is 21.9. The molecule has 0 spiro atoms. The fourth-order valence-electron chi connectivity index (χ4n) is 1.31. The van der Waals surface area contributed by atoms with Crippen LogP contribution in [0.25, 0.3) is 0 Å². The summed E-state index contributed by atoms with van der Waals surface area (Å²) >= 11 is 6.28. The van der Waals surface area contributed by atoms with Gasteiger partial charge in [-0.1, -0.05) is 51.1 Å². The summed E-state index contributed by atoms with van der Waals surface area (Å²) in [7, 11) is 0. The van der Waals surface area contributed by atoms with E-state index in [2.05, 4.69) is 31.9 Å². The molecule has 0 heterocycles. The van der Waals surface area contributed by atoms with Gasteiger partial charge in [-0.15, -0.1) is 0 Å². The van der Waals surface area contributed by atoms with Gasteiger partial charge in [0.15, 0.2) is 0 Å². The first-order valence-corrected chi connectivity index (χ1v) is 7.60. The van der Waals surface area contributed by atoms with Crippen molar-refractivity contribution in [3.05, 3.63) is 0 Å². The molecule has 0 aliphatic rings. The Balaban J connectivity index is 3.11. The molecule has 0 rings (SSSR count). The molecular weight excluding hydrogens is 324 g/mol. The number of hydrogen-bond donors (Lipinski definition) is 0. The molecule has 0 radical (unpaired) electrons. The molecule has 0 amide bonds. The van der Waals surface area contributed by atoms with Crippen LogP contribution in [0.3, 0.4) is 0 Å². The van der Waals surface area contributed by atoms with Gasteiger partial charge in [0.1, 0.15) is 11.6 Å². The Kier molecular flexibility index (Phi) is 11.0. The average molecular weight is 342 g/mol. The van der Waals surface area contributed by atoms with E-state index in [0.717, 1.165) is 32.1 Å². The normalized spacial score (nSPS) is 10.3. The van der Waals surface area contributed by atoms with Crippen LogP contribution in [0, 0.1) is 0 Å². The Bertz CT molecular complexity index is 173. The summed E-state index contributed by atoms with van der Waals surface area (Å²) in [5, 5.41) is 0.958. The van der Waals surface area contributed by atoms with Crippen molar-refractivity contribution in [3.8, 4) is 0 Å². The van der Waals surface area contributed by atoms with E-state index < -0.39 is 0 Å². The van der Waals surface area contributed by atoms with Crippen LogP contribution < -0.4 is 0 Å². The third-order valence-corrected chi connectivity index (χ3v) is 3.46. The minimum atomic E-state index is 0.282. The van der Waals surface area contributed by atoms with Gasteiger partial charge in [0, 0.05) is 12.8 Å². The highest BCUT2D eigenvalue weighted by atomic mass is 79.9. The number of ketones is 2. The minimum absolute atomic E-state index is 0.282. The predicted molar refractivity (Wildman–Crippen MR) is 69.9 cm³/mol. The van der Waals surface area contributed by atoms with Crippen molar-refractivity contribution in [1.29, 1.82) is 0 Å². The van der Waals surface area contributed by atoms with Gasteiger partial charge in [-0.2, -0.15) is 0 Å². The van der Waals surface area contributed by atoms with Crippen LogP contribution in [0.15, 0.2) is 0 Å². The Labute approximate surface area is 108 Å². The molecule has 0 unspecified atom stereocenters. The monoisotopic (exact) mass is 340 g/mol. The van der Waals surface area contributed by atoms with Crippen molar-refractivity contribution in [2.75, 3.05) is 10.7 Å². The zero-order chi connectivity index (χ0) is 11.5. The molecule has 15 heavy (non-hydrogen) atoms. The molecular formula is C11H18Br2O2. The lowest BCUT2D eigenvalue weighted by atomic mass is 10.1. The fourth-order valence-corrected chi connectivity index (χ4v) is 1.87. The predicted octanol–water partition coefficient (Wildman–Crippen LogP) is 3.65. The fraction of sp³-hybridized carbons (Fsp3) is 0.818. The molecule has 0 aliphatic heterocycles. The molecule has 2 nitrogen and oxygen atoms in total. The second-order valence-electron chi connectivity index (χ2n) is 3.61. The van der Waals surface area contributed by atoms with E-state index in [-0.39, 0.29) is 11.6 Å². The summed E-state index contributed by atoms with van der Waals surface area (Å²) in [6.07, 6.45) is 6.67. The number of Topliss-reactive ketones (excluding diaryl/α,β-unsaturated/α-hetero) is 2. The third kappa shape index (κ3) is 10.6. The van der Waals surface area contributed by atoms with E-state index in [1.165, 1.54) is 0 Å². The van der Waals surface area contributed by atoms with Crippen molar-refractivity contribution in [2.45, 2.75) is 44.9 Å². The number of carbonyl (C=O) groups is 2. The number of halogens is 2. The number of hydrogen-bond acceptors (Lipinski definition) is 2. The molecule has 0 saturated heterocycles. The maximum Gasteiger partial charge on any atom is 0.143 e. The van der Waals surface area contributed by atoms with Crippen LogP contribution in [-0.4, -0.2) is 22.2 Å². The second-order valence-corrected chi connectivity index (χ2v) is 4.73. The number of unbranched alkanes of at least 4 members (excludes halogenated alkanes) is 4. The van der Waals surface area contributed by atoms with E-state index in [1.54, 1.807) is 0 Å². The van der Waals surface area contributed by atoms with Gasteiger partial charge >= 0.3 is 0 Å². The van der Waals surface area contributed by atoms with Gasteiger partial charge in [0.2, 0.25) is 0 Å². The average Bonchev–Trinajstić information content (AvgIpc) is 2.26. The molecule has 0 aliphatic carbocycles. The van der Waals surface area contributed by atoms with E-state index in [0.29, 0.717) is 23.5 Å². The van der Waals surface area contributed by atoms with Gasteiger partial charge in [0.05, 0.1) is 10.7 Å². The number of carbonyl (C=O) groups excluding carboxylic acids is 2. The second kappa shape index (κ2) is 10.8. The SMILES string of the molecule is O=C(CBr)CCCCCCCC(=O)CBr. The highest BCUT2D eigenvalue weighted by molar-refractivity contribution is 9.09. The molecule has 0 aromatic carbocycles. The van der Waals surface area contributed by atoms with Crippen LogP contribution in [-0.2, 0) is 9.59 Å². The van der Waals surface area contributed by atoms with Gasteiger partial charge in [-0.25, -0.2) is 0 Å². The minimum Gasteiger partial charge on any atom is -0.299 e. The molecule has 0 fully saturated rings. The molecule has 0 aromatic heterocycles. The summed E-state index contributed by atoms with van der Waals surface area (Å²) < 4.78 is 0. The molecule has 4 heteroatoms. The zero-order valence-corrected chi connectivity index (χ0v) is 12.1. The first-order chi connectivity index (χ1) is 7.20. The Morgan fingerprint density at radius 3 is 1.33 bits per heavy atom. The molecule has 0 aromatic rings. The van der Waals surface area contributed by atoms with E-state index in [9.17, 15) is 9.59 Å². The van der Waals surface area contributed by atoms with Crippen molar-refractivity contribution in [1.82, 2.24) is 0 Å². The van der Waals surface area contributed by atoms with Crippen molar-refractivity contribution < 1.29 is 9.59 Å². The molecule has 0 bridgehead atoms. The van der Waals surface area contributed by atoms with Gasteiger partial charge in [0.25, 0.3) is 0 Å². The van der Waals surface area contributed by atoms with Crippen molar-refractivity contribution >= 4 is 43.4 Å². The summed E-state index contributed by atoms with van der Waals surface area (Å²) in [5.41, 5.74) is 0. The Morgan fingerprint density at radius 2 is 1.00 bits per heavy atom. The Hall–Kier alpha value is 0.300. The van der Waals surface area contributed by atoms with Gasteiger partial charge < -0.3 is 0 Å². The van der Waals surface area contributed by atoms with Crippen LogP contribution >= 0.6 is 31.9 Å². The maximum atomic E-state index is 10.9. The highest BCUT2D eigenvalue weighted by Gasteiger charge is 2.00. The summed E-state index contributed by atoms with van der Waals surface area (Å²) in [5.74, 6) is 0.564. The summed E-state index contributed by atoms with van der Waals surface area (Å²) in [6, 6.07) is 0. The third-order valence-electron chi connectivity index (χ3n) is 2.21. The summed E-state index contributed by atoms with van der Waals surface area (Å²) in [6.45, 7) is 0. The molecule has 88 valence electrons. The largest absolute Gasteiger partial charge is 0.299 e. The number of rotatable bonds is 10. The van der Waals surface area contributed by atoms with Crippen LogP contribution in [0.1, 0.15) is 44.9 Å². The van der Waals surface area contributed by atoms with Crippen LogP contribution in [0.2, 0.25) is 0 Å².